The molecule has 10 bridgehead atoms. The number of aliphatic hydroxyl groups excluding tert-OH is 2. The van der Waals surface area contributed by atoms with E-state index in [0.29, 0.717) is 68.2 Å². The number of aromatic hydroxyl groups is 1. The van der Waals surface area contributed by atoms with Crippen LogP contribution >= 0.6 is 0 Å². The third-order valence-corrected chi connectivity index (χ3v) is 23.4. The first kappa shape index (κ1) is 63.5. The Morgan fingerprint density at radius 2 is 1.58 bits per heavy atom. The first-order chi connectivity index (χ1) is 43.5. The monoisotopic (exact) mass is 1250 g/mol. The van der Waals surface area contributed by atoms with Crippen LogP contribution in [0.1, 0.15) is 181 Å². The molecule has 1 saturated carbocycles. The van der Waals surface area contributed by atoms with Crippen molar-refractivity contribution in [1.29, 1.82) is 0 Å². The number of hydrogen-bond acceptors (Lipinski definition) is 10. The van der Waals surface area contributed by atoms with E-state index >= 15 is 0 Å². The van der Waals surface area contributed by atoms with Gasteiger partial charge in [0.15, 0.2) is 5.96 Å². The quantitative estimate of drug-likeness (QED) is 0.0179. The van der Waals surface area contributed by atoms with Crippen LogP contribution in [0.2, 0.25) is 0 Å². The van der Waals surface area contributed by atoms with E-state index in [1.807, 2.05) is 72.8 Å². The zero-order chi connectivity index (χ0) is 62.1. The summed E-state index contributed by atoms with van der Waals surface area (Å²) in [5.74, 6) is 4.63. The van der Waals surface area contributed by atoms with Crippen LogP contribution in [0.5, 0.6) is 11.5 Å². The van der Waals surface area contributed by atoms with Gasteiger partial charge in [-0.1, -0.05) is 152 Å². The Balaban J connectivity index is 0.00000758. The van der Waals surface area contributed by atoms with Crippen LogP contribution in [0, 0.1) is 41.4 Å². The van der Waals surface area contributed by atoms with Crippen LogP contribution in [-0.4, -0.2) is 62.9 Å². The summed E-state index contributed by atoms with van der Waals surface area (Å²) in [6.45, 7) is 2.06. The van der Waals surface area contributed by atoms with Crippen LogP contribution < -0.4 is 45.8 Å². The maximum atomic E-state index is 14.4. The Bertz CT molecular complexity index is 4070. The van der Waals surface area contributed by atoms with Gasteiger partial charge >= 0.3 is 29.6 Å². The summed E-state index contributed by atoms with van der Waals surface area (Å²) in [6, 6.07) is 50.8. The molecule has 0 amide bonds. The molecular formula is C77H82N3NaO9S. The summed E-state index contributed by atoms with van der Waals surface area (Å²) in [4.78, 5) is 5.19. The topological polar surface area (TPSA) is 221 Å². The van der Waals surface area contributed by atoms with Gasteiger partial charge in [-0.15, -0.1) is 0 Å². The maximum Gasteiger partial charge on any atom is 1.00 e. The second-order valence-electron chi connectivity index (χ2n) is 27.6. The number of benzene rings is 7. The number of nitrogens with zero attached hydrogens (tertiary/aromatic N) is 1. The smallest absolute Gasteiger partial charge is 0.748 e. The molecule has 1 saturated heterocycles. The number of fused-ring (bicyclic) bond motifs is 9. The van der Waals surface area contributed by atoms with Gasteiger partial charge in [-0.05, 0) is 216 Å². The summed E-state index contributed by atoms with van der Waals surface area (Å²) in [5, 5.41) is 48.5. The minimum absolute atomic E-state index is 0. The number of aliphatic imine (C=N–C) groups is 1. The zero-order valence-electron chi connectivity index (χ0n) is 52.2. The maximum absolute atomic E-state index is 14.4. The zero-order valence-corrected chi connectivity index (χ0v) is 55.0. The average molecular weight is 1250 g/mol. The number of allylic oxidation sites excluding steroid dienone is 1. The van der Waals surface area contributed by atoms with E-state index < -0.39 is 56.7 Å². The fourth-order valence-electron chi connectivity index (χ4n) is 17.8. The second kappa shape index (κ2) is 25.9. The van der Waals surface area contributed by atoms with Gasteiger partial charge in [0.1, 0.15) is 17.6 Å². The summed E-state index contributed by atoms with van der Waals surface area (Å²) in [6.07, 6.45) is 9.10. The molecule has 0 unspecified atom stereocenters. The summed E-state index contributed by atoms with van der Waals surface area (Å²) >= 11 is 0. The summed E-state index contributed by atoms with van der Waals surface area (Å²) < 4.78 is 58.0. The van der Waals surface area contributed by atoms with Crippen molar-refractivity contribution >= 4 is 26.9 Å². The van der Waals surface area contributed by atoms with Gasteiger partial charge in [-0.3, -0.25) is 0 Å². The molecule has 8 N–H and O–H groups in total. The molecule has 7 aromatic carbocycles. The first-order valence-corrected chi connectivity index (χ1v) is 34.3. The Kier molecular flexibility index (Phi) is 18.1. The van der Waals surface area contributed by atoms with Crippen molar-refractivity contribution in [3.05, 3.63) is 225 Å². The van der Waals surface area contributed by atoms with Crippen molar-refractivity contribution in [2.75, 3.05) is 6.61 Å². The normalized spacial score (nSPS) is 29.7. The van der Waals surface area contributed by atoms with Gasteiger partial charge < -0.3 is 45.9 Å². The van der Waals surface area contributed by atoms with Gasteiger partial charge in [0, 0.05) is 42.1 Å². The van der Waals surface area contributed by atoms with Crippen molar-refractivity contribution in [3.8, 4) is 23.3 Å². The Hall–Kier alpha value is -6.28. The number of guanidine groups is 1. The summed E-state index contributed by atoms with van der Waals surface area (Å²) in [5.41, 5.74) is 21.8. The van der Waals surface area contributed by atoms with Gasteiger partial charge in [0.2, 0.25) is 5.72 Å². The molecule has 9 aliphatic rings. The van der Waals surface area contributed by atoms with Crippen LogP contribution in [0.25, 0.3) is 10.8 Å². The fraction of sp³-hybridized carbons (Fsp3) is 0.416. The van der Waals surface area contributed by atoms with Crippen molar-refractivity contribution in [2.24, 2.45) is 46.0 Å². The number of rotatable bonds is 11. The molecule has 2 fully saturated rings. The largest absolute Gasteiger partial charge is 1.00 e. The van der Waals surface area contributed by atoms with E-state index in [1.165, 1.54) is 21.9 Å². The van der Waals surface area contributed by atoms with Crippen molar-refractivity contribution in [2.45, 2.75) is 162 Å². The Morgan fingerprint density at radius 3 is 2.35 bits per heavy atom. The molecule has 91 heavy (non-hydrogen) atoms. The predicted octanol–water partition coefficient (Wildman–Crippen LogP) is 10.1. The summed E-state index contributed by atoms with van der Waals surface area (Å²) in [7, 11) is -4.97. The number of phenols is 1. The number of aliphatic hydroxyl groups is 3. The molecule has 4 aliphatic carbocycles. The fourth-order valence-corrected chi connectivity index (χ4v) is 18.9. The SMILES string of the molecule is C[C@@H]1CCc2cc3ccc2[C@H]1C[C@@H](S(=O)(=O)[O-])[C@H]1C=C2C[C@H](C[C@H]4C[C@@H](CO)CC#Cc5cc(O)ccc5[C@@H]2O4)[C@@H]1c1ccc(cc1)[C@](C[C@H](Cc1ccccc1)[C@@]1(O)CCC[C@H](c2ccc([C@@H](O)[C@@H]4CCc5cccc6cccc4c56)cc2)C1)(N=C(N)N)O3.[Na+]. The van der Waals surface area contributed by atoms with Crippen LogP contribution in [0.15, 0.2) is 168 Å². The number of hydrogen-bond donors (Lipinski definition) is 6. The van der Waals surface area contributed by atoms with E-state index in [-0.39, 0.29) is 102 Å². The molecule has 0 aromatic heterocycles. The van der Waals surface area contributed by atoms with Gasteiger partial charge in [0.05, 0.1) is 33.2 Å². The number of phenolic OH excluding ortho intramolecular Hbond substituents is 1. The Labute approximate surface area is 557 Å². The second-order valence-corrected chi connectivity index (χ2v) is 29.2. The Morgan fingerprint density at radius 1 is 0.824 bits per heavy atom. The standard InChI is InChI=1S/C77H83N3O9S.Na/c1-46-18-19-55-39-62-30-33-64(55)68(46)42-70(90(85,86)87)69-41-58-37-57(40-63-36-48(45-81)11-5-15-54-38-61(82)29-32-65(54)74(58)88-63)72(69)52-24-27-59(28-25-52)77(89-62,80-75(78)79)44-60(35-47-9-3-2-4-10-47)76(84)34-8-16-56(43-76)49-20-22-53(23-21-49)73(83)67-31-26-51-13-6-12-50-14-7-17-66(67)71(50)51;/h2-4,6-7,9-10,12-14,17,20-25,27-30,32-33,38-39,41,46,48,56-57,60,63,67-70,72-74,81-84H,8,11,16,18-19,26,31,34-37,40,42-45H2,1H3,(H4,78,79,80)(H,85,86,87);/q;+1/p-1/t46-,48+,56+,57-,60+,63-,67-,68+,69-,70-,72+,73-,74-,76-,77-;/m1./s1. The predicted molar refractivity (Wildman–Crippen MR) is 350 cm³/mol. The van der Waals surface area contributed by atoms with Crippen LogP contribution in [-0.2, 0) is 39.8 Å². The molecule has 0 radical (unpaired) electrons. The molecule has 466 valence electrons. The number of nitrogens with two attached hydrogens (primary N) is 2. The molecule has 5 aliphatic heterocycles. The first-order valence-electron chi connectivity index (χ1n) is 32.8. The van der Waals surface area contributed by atoms with Crippen LogP contribution in [0.4, 0.5) is 0 Å². The van der Waals surface area contributed by atoms with Gasteiger partial charge in [-0.2, -0.15) is 0 Å². The number of ether oxygens (including phenoxy) is 2. The molecule has 16 rings (SSSR count). The molecule has 0 spiro atoms. The third kappa shape index (κ3) is 12.6. The van der Waals surface area contributed by atoms with E-state index in [0.717, 1.165) is 76.6 Å². The van der Waals surface area contributed by atoms with E-state index in [9.17, 15) is 33.4 Å². The van der Waals surface area contributed by atoms with Gasteiger partial charge in [-0.25, -0.2) is 13.4 Å². The van der Waals surface area contributed by atoms with Crippen LogP contribution in [0.3, 0.4) is 0 Å². The molecule has 7 aromatic rings. The number of aryl methyl sites for hydroxylation is 2. The molecule has 5 heterocycles. The van der Waals surface area contributed by atoms with Crippen molar-refractivity contribution in [3.63, 3.8) is 0 Å². The minimum atomic E-state index is -4.97. The van der Waals surface area contributed by atoms with Gasteiger partial charge in [0.25, 0.3) is 0 Å². The third-order valence-electron chi connectivity index (χ3n) is 22.2. The van der Waals surface area contributed by atoms with E-state index in [4.69, 9.17) is 25.9 Å². The molecule has 15 atom stereocenters. The van der Waals surface area contributed by atoms with E-state index in [1.54, 1.807) is 12.1 Å². The van der Waals surface area contributed by atoms with E-state index in [2.05, 4.69) is 91.6 Å². The molecule has 12 nitrogen and oxygen atoms in total. The van der Waals surface area contributed by atoms with Crippen molar-refractivity contribution in [1.82, 2.24) is 0 Å². The minimum Gasteiger partial charge on any atom is -0.748 e. The average Bonchev–Trinajstić information content (AvgIpc) is 1.77. The molecule has 14 heteroatoms. The van der Waals surface area contributed by atoms with Crippen molar-refractivity contribution < 1.29 is 72.4 Å². The molecular weight excluding hydrogens is 1170 g/mol.